The Labute approximate surface area is 132 Å². The first-order chi connectivity index (χ1) is 10.0. The van der Waals surface area contributed by atoms with Crippen LogP contribution in [0.1, 0.15) is 47.2 Å². The number of aromatic nitrogens is 3. The summed E-state index contributed by atoms with van der Waals surface area (Å²) < 4.78 is 6.94. The van der Waals surface area contributed by atoms with Gasteiger partial charge in [-0.3, -0.25) is 4.68 Å². The van der Waals surface area contributed by atoms with E-state index in [1.54, 1.807) is 4.68 Å². The van der Waals surface area contributed by atoms with E-state index < -0.39 is 11.7 Å². The zero-order valence-corrected chi connectivity index (χ0v) is 14.7. The van der Waals surface area contributed by atoms with Gasteiger partial charge in [-0.2, -0.15) is 0 Å². The van der Waals surface area contributed by atoms with E-state index in [-0.39, 0.29) is 5.54 Å². The predicted octanol–water partition coefficient (Wildman–Crippen LogP) is 1.84. The SMILES string of the molecule is CC(C)C(C)(CNC(=O)OC(C)(C)C)NCc1cn(C)nn1. The molecule has 0 spiro atoms. The minimum absolute atomic E-state index is 0.269. The molecule has 0 aliphatic carbocycles. The second-order valence-electron chi connectivity index (χ2n) is 7.16. The van der Waals surface area contributed by atoms with E-state index in [4.69, 9.17) is 4.74 Å². The highest BCUT2D eigenvalue weighted by Gasteiger charge is 2.29. The van der Waals surface area contributed by atoms with E-state index in [1.807, 2.05) is 34.0 Å². The van der Waals surface area contributed by atoms with Crippen molar-refractivity contribution < 1.29 is 9.53 Å². The number of carbonyl (C=O) groups is 1. The second kappa shape index (κ2) is 7.09. The molecule has 0 bridgehead atoms. The Kier molecular flexibility index (Phi) is 5.93. The summed E-state index contributed by atoms with van der Waals surface area (Å²) in [6.45, 7) is 12.9. The molecule has 22 heavy (non-hydrogen) atoms. The molecule has 0 radical (unpaired) electrons. The summed E-state index contributed by atoms with van der Waals surface area (Å²) in [5, 5.41) is 14.3. The summed E-state index contributed by atoms with van der Waals surface area (Å²) in [7, 11) is 1.84. The first kappa shape index (κ1) is 18.4. The Bertz CT molecular complexity index is 492. The number of alkyl carbamates (subject to hydrolysis) is 1. The van der Waals surface area contributed by atoms with Gasteiger partial charge in [0.15, 0.2) is 0 Å². The Morgan fingerprint density at radius 1 is 1.36 bits per heavy atom. The van der Waals surface area contributed by atoms with Crippen molar-refractivity contribution in [3.05, 3.63) is 11.9 Å². The zero-order valence-electron chi connectivity index (χ0n) is 14.7. The first-order valence-corrected chi connectivity index (χ1v) is 7.59. The van der Waals surface area contributed by atoms with Crippen LogP contribution in [0.2, 0.25) is 0 Å². The van der Waals surface area contributed by atoms with Crippen LogP contribution in [0, 0.1) is 5.92 Å². The van der Waals surface area contributed by atoms with E-state index in [0.29, 0.717) is 19.0 Å². The van der Waals surface area contributed by atoms with E-state index in [9.17, 15) is 4.79 Å². The molecule has 7 heteroatoms. The van der Waals surface area contributed by atoms with Gasteiger partial charge in [-0.15, -0.1) is 5.10 Å². The molecule has 126 valence electrons. The topological polar surface area (TPSA) is 81.1 Å². The molecule has 1 aromatic heterocycles. The smallest absolute Gasteiger partial charge is 0.407 e. The van der Waals surface area contributed by atoms with Crippen molar-refractivity contribution in [1.29, 1.82) is 0 Å². The van der Waals surface area contributed by atoms with Gasteiger partial charge in [0.25, 0.3) is 0 Å². The lowest BCUT2D eigenvalue weighted by Crippen LogP contribution is -2.55. The number of aryl methyl sites for hydroxylation is 1. The third kappa shape index (κ3) is 6.01. The van der Waals surface area contributed by atoms with Gasteiger partial charge < -0.3 is 15.4 Å². The van der Waals surface area contributed by atoms with Gasteiger partial charge in [-0.25, -0.2) is 4.79 Å². The Morgan fingerprint density at radius 3 is 2.45 bits per heavy atom. The first-order valence-electron chi connectivity index (χ1n) is 7.59. The van der Waals surface area contributed by atoms with Gasteiger partial charge in [-0.05, 0) is 33.6 Å². The van der Waals surface area contributed by atoms with E-state index in [0.717, 1.165) is 5.69 Å². The fourth-order valence-corrected chi connectivity index (χ4v) is 1.81. The van der Waals surface area contributed by atoms with Crippen LogP contribution in [-0.2, 0) is 18.3 Å². The molecule has 1 amide bonds. The van der Waals surface area contributed by atoms with E-state index in [2.05, 4.69) is 41.7 Å². The molecule has 2 N–H and O–H groups in total. The fourth-order valence-electron chi connectivity index (χ4n) is 1.81. The highest BCUT2D eigenvalue weighted by atomic mass is 16.6. The van der Waals surface area contributed by atoms with Crippen molar-refractivity contribution in [3.8, 4) is 0 Å². The summed E-state index contributed by atoms with van der Waals surface area (Å²) in [6, 6.07) is 0. The Balaban J connectivity index is 2.57. The van der Waals surface area contributed by atoms with Gasteiger partial charge in [0.2, 0.25) is 0 Å². The average molecular weight is 311 g/mol. The highest BCUT2D eigenvalue weighted by molar-refractivity contribution is 5.67. The number of carbonyl (C=O) groups excluding carboxylic acids is 1. The molecule has 1 aromatic rings. The minimum atomic E-state index is -0.495. The van der Waals surface area contributed by atoms with Crippen LogP contribution < -0.4 is 10.6 Å². The summed E-state index contributed by atoms with van der Waals surface area (Å²) in [5.41, 5.74) is 0.103. The molecule has 0 saturated heterocycles. The summed E-state index contributed by atoms with van der Waals surface area (Å²) in [6.07, 6.45) is 1.47. The van der Waals surface area contributed by atoms with Gasteiger partial charge in [-0.1, -0.05) is 19.1 Å². The van der Waals surface area contributed by atoms with E-state index in [1.165, 1.54) is 0 Å². The zero-order chi connectivity index (χ0) is 17.0. The molecular formula is C15H29N5O2. The number of ether oxygens (including phenoxy) is 1. The maximum absolute atomic E-state index is 11.8. The van der Waals surface area contributed by atoms with Gasteiger partial charge in [0, 0.05) is 31.9 Å². The third-order valence-corrected chi connectivity index (χ3v) is 3.60. The van der Waals surface area contributed by atoms with Crippen molar-refractivity contribution in [3.63, 3.8) is 0 Å². The number of hydrogen-bond donors (Lipinski definition) is 2. The maximum Gasteiger partial charge on any atom is 0.407 e. The van der Waals surface area contributed by atoms with Crippen molar-refractivity contribution in [1.82, 2.24) is 25.6 Å². The maximum atomic E-state index is 11.8. The highest BCUT2D eigenvalue weighted by Crippen LogP contribution is 2.16. The van der Waals surface area contributed by atoms with Crippen LogP contribution in [-0.4, -0.2) is 38.8 Å². The monoisotopic (exact) mass is 311 g/mol. The van der Waals surface area contributed by atoms with Crippen molar-refractivity contribution >= 4 is 6.09 Å². The standard InChI is InChI=1S/C15H29N5O2/c1-11(2)15(6,10-16-13(21)22-14(3,4)5)17-8-12-9-20(7)19-18-12/h9,11,17H,8,10H2,1-7H3,(H,16,21). The van der Waals surface area contributed by atoms with Gasteiger partial charge >= 0.3 is 6.09 Å². The van der Waals surface area contributed by atoms with Crippen LogP contribution in [0.5, 0.6) is 0 Å². The van der Waals surface area contributed by atoms with Crippen LogP contribution in [0.15, 0.2) is 6.20 Å². The van der Waals surface area contributed by atoms with Crippen molar-refractivity contribution in [2.45, 2.75) is 59.2 Å². The predicted molar refractivity (Wildman–Crippen MR) is 85.3 cm³/mol. The van der Waals surface area contributed by atoms with Crippen LogP contribution >= 0.6 is 0 Å². The lowest BCUT2D eigenvalue weighted by atomic mass is 9.88. The largest absolute Gasteiger partial charge is 0.444 e. The number of rotatable bonds is 6. The normalized spacial score (nSPS) is 14.7. The van der Waals surface area contributed by atoms with Crippen LogP contribution in [0.4, 0.5) is 4.79 Å². The molecule has 0 fully saturated rings. The van der Waals surface area contributed by atoms with Crippen LogP contribution in [0.25, 0.3) is 0 Å². The summed E-state index contributed by atoms with van der Waals surface area (Å²) in [4.78, 5) is 11.8. The molecule has 1 atom stereocenters. The molecular weight excluding hydrogens is 282 g/mol. The lowest BCUT2D eigenvalue weighted by Gasteiger charge is -2.35. The van der Waals surface area contributed by atoms with Crippen LogP contribution in [0.3, 0.4) is 0 Å². The second-order valence-corrected chi connectivity index (χ2v) is 7.16. The number of amides is 1. The molecule has 7 nitrogen and oxygen atoms in total. The van der Waals surface area contributed by atoms with Gasteiger partial charge in [0.05, 0.1) is 5.69 Å². The average Bonchev–Trinajstić information content (AvgIpc) is 2.77. The Hall–Kier alpha value is -1.63. The number of hydrogen-bond acceptors (Lipinski definition) is 5. The molecule has 0 aliphatic heterocycles. The fraction of sp³-hybridized carbons (Fsp3) is 0.800. The Morgan fingerprint density at radius 2 is 2.00 bits per heavy atom. The quantitative estimate of drug-likeness (QED) is 0.838. The minimum Gasteiger partial charge on any atom is -0.444 e. The molecule has 1 heterocycles. The molecule has 0 saturated carbocycles. The molecule has 0 aromatic carbocycles. The summed E-state index contributed by atoms with van der Waals surface area (Å²) in [5.74, 6) is 0.319. The molecule has 0 aliphatic rings. The third-order valence-electron chi connectivity index (χ3n) is 3.60. The number of nitrogens with one attached hydrogen (secondary N) is 2. The van der Waals surface area contributed by atoms with E-state index >= 15 is 0 Å². The molecule has 1 unspecified atom stereocenters. The summed E-state index contributed by atoms with van der Waals surface area (Å²) >= 11 is 0. The number of nitrogens with zero attached hydrogens (tertiary/aromatic N) is 3. The lowest BCUT2D eigenvalue weighted by molar-refractivity contribution is 0.0503. The van der Waals surface area contributed by atoms with Crippen molar-refractivity contribution in [2.75, 3.05) is 6.54 Å². The van der Waals surface area contributed by atoms with Crippen molar-refractivity contribution in [2.24, 2.45) is 13.0 Å². The van der Waals surface area contributed by atoms with Gasteiger partial charge in [0.1, 0.15) is 5.60 Å². The molecule has 1 rings (SSSR count).